The Morgan fingerprint density at radius 2 is 1.66 bits per heavy atom. The molecule has 0 atom stereocenters. The van der Waals surface area contributed by atoms with Gasteiger partial charge in [0.15, 0.2) is 5.13 Å². The molecule has 0 amide bonds. The number of aryl methyl sites for hydroxylation is 1. The zero-order valence-corrected chi connectivity index (χ0v) is 18.2. The van der Waals surface area contributed by atoms with Crippen LogP contribution in [0.4, 0.5) is 5.13 Å². The lowest BCUT2D eigenvalue weighted by molar-refractivity contribution is 0.245. The molecule has 3 aromatic rings. The van der Waals surface area contributed by atoms with E-state index in [-0.39, 0.29) is 0 Å². The molecule has 4 rings (SSSR count). The minimum absolute atomic E-state index is 0.844. The fourth-order valence-electron chi connectivity index (χ4n) is 3.74. The van der Waals surface area contributed by atoms with E-state index in [1.807, 2.05) is 18.2 Å². The van der Waals surface area contributed by atoms with Crippen molar-refractivity contribution in [3.05, 3.63) is 41.5 Å². The van der Waals surface area contributed by atoms with Gasteiger partial charge in [0.05, 0.1) is 26.0 Å². The highest BCUT2D eigenvalue weighted by atomic mass is 32.1. The maximum absolute atomic E-state index is 5.53. The molecule has 1 aromatic heterocycles. The van der Waals surface area contributed by atoms with Gasteiger partial charge in [-0.15, -0.1) is 0 Å². The van der Waals surface area contributed by atoms with Gasteiger partial charge in [0.25, 0.3) is 0 Å². The van der Waals surface area contributed by atoms with Crippen LogP contribution in [0.3, 0.4) is 0 Å². The van der Waals surface area contributed by atoms with Crippen molar-refractivity contribution >= 4 is 26.7 Å². The molecule has 1 saturated heterocycles. The summed E-state index contributed by atoms with van der Waals surface area (Å²) < 4.78 is 17.6. The highest BCUT2D eigenvalue weighted by molar-refractivity contribution is 7.22. The van der Waals surface area contributed by atoms with Gasteiger partial charge in [-0.3, -0.25) is 4.90 Å². The van der Waals surface area contributed by atoms with Crippen LogP contribution in [0.1, 0.15) is 11.1 Å². The summed E-state index contributed by atoms with van der Waals surface area (Å²) in [6, 6.07) is 10.1. The molecule has 1 aliphatic rings. The summed E-state index contributed by atoms with van der Waals surface area (Å²) in [7, 11) is 5.11. The molecule has 0 aliphatic carbocycles. The summed E-state index contributed by atoms with van der Waals surface area (Å²) in [6.07, 6.45) is 0. The van der Waals surface area contributed by atoms with Gasteiger partial charge < -0.3 is 19.1 Å². The number of methoxy groups -OCH3 is 3. The molecule has 29 heavy (non-hydrogen) atoms. The molecule has 1 fully saturated rings. The second-order valence-corrected chi connectivity index (χ2v) is 8.18. The van der Waals surface area contributed by atoms with Crippen molar-refractivity contribution in [2.45, 2.75) is 13.5 Å². The first-order valence-electron chi connectivity index (χ1n) is 9.75. The summed E-state index contributed by atoms with van der Waals surface area (Å²) in [5, 5.41) is 1.08. The van der Waals surface area contributed by atoms with Gasteiger partial charge in [-0.25, -0.2) is 4.98 Å². The lowest BCUT2D eigenvalue weighted by Gasteiger charge is -2.34. The summed E-state index contributed by atoms with van der Waals surface area (Å²) in [5.74, 6) is 2.61. The number of hydrogen-bond donors (Lipinski definition) is 0. The van der Waals surface area contributed by atoms with Crippen LogP contribution in [0.5, 0.6) is 17.2 Å². The van der Waals surface area contributed by atoms with Crippen LogP contribution in [-0.4, -0.2) is 57.4 Å². The van der Waals surface area contributed by atoms with E-state index in [0.29, 0.717) is 0 Å². The predicted octanol–water partition coefficient (Wildman–Crippen LogP) is 3.95. The summed E-state index contributed by atoms with van der Waals surface area (Å²) in [6.45, 7) is 6.84. The van der Waals surface area contributed by atoms with Crippen LogP contribution in [0.2, 0.25) is 0 Å². The van der Waals surface area contributed by atoms with E-state index >= 15 is 0 Å². The van der Waals surface area contributed by atoms with E-state index in [1.54, 1.807) is 32.7 Å². The molecule has 0 bridgehead atoms. The van der Waals surface area contributed by atoms with Crippen molar-refractivity contribution < 1.29 is 14.2 Å². The highest BCUT2D eigenvalue weighted by Gasteiger charge is 2.22. The van der Waals surface area contributed by atoms with Gasteiger partial charge in [0.2, 0.25) is 0 Å². The number of benzene rings is 2. The second-order valence-electron chi connectivity index (χ2n) is 7.20. The molecule has 0 unspecified atom stereocenters. The first-order chi connectivity index (χ1) is 14.1. The third kappa shape index (κ3) is 3.97. The summed E-state index contributed by atoms with van der Waals surface area (Å²) in [4.78, 5) is 9.72. The predicted molar refractivity (Wildman–Crippen MR) is 118 cm³/mol. The first kappa shape index (κ1) is 19.8. The van der Waals surface area contributed by atoms with E-state index < -0.39 is 0 Å². The number of thiazole rings is 1. The van der Waals surface area contributed by atoms with E-state index in [0.717, 1.165) is 66.2 Å². The van der Waals surface area contributed by atoms with E-state index in [1.165, 1.54) is 10.3 Å². The topological polar surface area (TPSA) is 47.1 Å². The van der Waals surface area contributed by atoms with Gasteiger partial charge in [0.1, 0.15) is 22.8 Å². The second kappa shape index (κ2) is 8.47. The number of aromatic nitrogens is 1. The largest absolute Gasteiger partial charge is 0.497 e. The van der Waals surface area contributed by atoms with E-state index in [4.69, 9.17) is 19.2 Å². The molecule has 0 radical (unpaired) electrons. The molecule has 6 nitrogen and oxygen atoms in total. The summed E-state index contributed by atoms with van der Waals surface area (Å²) in [5.41, 5.74) is 3.37. The van der Waals surface area contributed by atoms with Crippen LogP contribution >= 0.6 is 11.3 Å². The van der Waals surface area contributed by atoms with Crippen LogP contribution in [0.25, 0.3) is 10.2 Å². The lowest BCUT2D eigenvalue weighted by atomic mass is 10.1. The lowest BCUT2D eigenvalue weighted by Crippen LogP contribution is -2.46. The van der Waals surface area contributed by atoms with Crippen LogP contribution < -0.4 is 19.1 Å². The minimum atomic E-state index is 0.844. The number of piperazine rings is 1. The third-order valence-corrected chi connectivity index (χ3v) is 6.69. The Hall–Kier alpha value is -2.51. The zero-order chi connectivity index (χ0) is 20.4. The van der Waals surface area contributed by atoms with Gasteiger partial charge in [-0.05, 0) is 36.8 Å². The third-order valence-electron chi connectivity index (χ3n) is 5.44. The molecule has 0 spiro atoms. The number of rotatable bonds is 6. The average Bonchev–Trinajstić information content (AvgIpc) is 3.21. The monoisotopic (exact) mass is 413 g/mol. The molecule has 0 saturated carbocycles. The van der Waals surface area contributed by atoms with Gasteiger partial charge >= 0.3 is 0 Å². The Morgan fingerprint density at radius 1 is 0.931 bits per heavy atom. The van der Waals surface area contributed by atoms with Crippen molar-refractivity contribution in [2.75, 3.05) is 52.4 Å². The summed E-state index contributed by atoms with van der Waals surface area (Å²) >= 11 is 1.76. The molecule has 1 aliphatic heterocycles. The van der Waals surface area contributed by atoms with Crippen LogP contribution in [0, 0.1) is 6.92 Å². The van der Waals surface area contributed by atoms with E-state index in [9.17, 15) is 0 Å². The van der Waals surface area contributed by atoms with Crippen molar-refractivity contribution in [3.8, 4) is 17.2 Å². The molecule has 2 aromatic carbocycles. The van der Waals surface area contributed by atoms with E-state index in [2.05, 4.69) is 28.9 Å². The molecule has 154 valence electrons. The number of ether oxygens (including phenoxy) is 3. The SMILES string of the molecule is COc1ccc(OC)c(CN2CCN(c3nc4c(OC)ccc(C)c4s3)CC2)c1. The zero-order valence-electron chi connectivity index (χ0n) is 17.4. The van der Waals surface area contributed by atoms with Gasteiger partial charge in [-0.2, -0.15) is 0 Å². The van der Waals surface area contributed by atoms with Crippen molar-refractivity contribution in [3.63, 3.8) is 0 Å². The number of nitrogens with zero attached hydrogens (tertiary/aromatic N) is 3. The minimum Gasteiger partial charge on any atom is -0.497 e. The van der Waals surface area contributed by atoms with Crippen LogP contribution in [0.15, 0.2) is 30.3 Å². The van der Waals surface area contributed by atoms with Crippen molar-refractivity contribution in [1.82, 2.24) is 9.88 Å². The normalized spacial score (nSPS) is 15.0. The Labute approximate surface area is 175 Å². The number of hydrogen-bond acceptors (Lipinski definition) is 7. The first-order valence-corrected chi connectivity index (χ1v) is 10.6. The average molecular weight is 414 g/mol. The molecule has 0 N–H and O–H groups in total. The highest BCUT2D eigenvalue weighted by Crippen LogP contribution is 2.36. The fourth-order valence-corrected chi connectivity index (χ4v) is 4.85. The molecule has 7 heteroatoms. The number of anilines is 1. The Bertz CT molecular complexity index is 996. The Morgan fingerprint density at radius 3 is 2.34 bits per heavy atom. The molecular weight excluding hydrogens is 386 g/mol. The quantitative estimate of drug-likeness (QED) is 0.610. The van der Waals surface area contributed by atoms with Crippen molar-refractivity contribution in [1.29, 1.82) is 0 Å². The fraction of sp³-hybridized carbons (Fsp3) is 0.409. The maximum atomic E-state index is 5.53. The van der Waals surface area contributed by atoms with Gasteiger partial charge in [0, 0.05) is 38.3 Å². The standard InChI is InChI=1S/C22H27N3O3S/c1-15-5-7-19(28-4)20-21(15)29-22(23-20)25-11-9-24(10-12-25)14-16-13-17(26-2)6-8-18(16)27-3/h5-8,13H,9-12,14H2,1-4H3. The molecular formula is C22H27N3O3S. The number of fused-ring (bicyclic) bond motifs is 1. The van der Waals surface area contributed by atoms with Crippen molar-refractivity contribution in [2.24, 2.45) is 0 Å². The maximum Gasteiger partial charge on any atom is 0.186 e. The van der Waals surface area contributed by atoms with Crippen LogP contribution in [-0.2, 0) is 6.54 Å². The van der Waals surface area contributed by atoms with Gasteiger partial charge in [-0.1, -0.05) is 17.4 Å². The Kier molecular flexibility index (Phi) is 5.78. The smallest absolute Gasteiger partial charge is 0.186 e. The Balaban J connectivity index is 1.46. The molecule has 2 heterocycles.